The molecular formula is C22H27ClFN3O. The number of carbonyl (C=O) groups excluding carboxylic acids is 1. The molecule has 150 valence electrons. The lowest BCUT2D eigenvalue weighted by Crippen LogP contribution is -2.32. The van der Waals surface area contributed by atoms with E-state index in [1.807, 2.05) is 19.9 Å². The van der Waals surface area contributed by atoms with E-state index in [9.17, 15) is 9.18 Å². The molecule has 3 N–H and O–H groups in total. The van der Waals surface area contributed by atoms with E-state index in [0.717, 1.165) is 43.6 Å². The molecule has 2 aromatic rings. The van der Waals surface area contributed by atoms with Gasteiger partial charge in [0.15, 0.2) is 0 Å². The number of anilines is 1. The Bertz CT molecular complexity index is 856. The van der Waals surface area contributed by atoms with Crippen LogP contribution in [0.2, 0.25) is 5.02 Å². The maximum absolute atomic E-state index is 14.5. The van der Waals surface area contributed by atoms with Crippen LogP contribution in [-0.4, -0.2) is 25.0 Å². The Morgan fingerprint density at radius 3 is 2.79 bits per heavy atom. The van der Waals surface area contributed by atoms with Crippen LogP contribution in [0.4, 0.5) is 10.1 Å². The molecule has 3 rings (SSSR count). The average Bonchev–Trinajstić information content (AvgIpc) is 2.92. The standard InChI is InChI=1S/C22H27ClFN3O/c1-3-14(2)27-22(28)18-6-4-15(12-20(18)24)13-26-21-17-9-11-25-10-8-16(17)5-7-19(21)23/h4-7,12,14,25-26H,3,8-11,13H2,1-2H3,(H,27,28). The van der Waals surface area contributed by atoms with Crippen LogP contribution in [0, 0.1) is 5.82 Å². The first kappa shape index (κ1) is 20.6. The topological polar surface area (TPSA) is 53.2 Å². The SMILES string of the molecule is CCC(C)NC(=O)c1ccc(CNc2c(Cl)ccc3c2CCNCC3)cc1F. The molecule has 28 heavy (non-hydrogen) atoms. The van der Waals surface area contributed by atoms with Gasteiger partial charge in [-0.2, -0.15) is 0 Å². The van der Waals surface area contributed by atoms with Crippen LogP contribution in [-0.2, 0) is 19.4 Å². The van der Waals surface area contributed by atoms with Crippen LogP contribution in [0.15, 0.2) is 30.3 Å². The van der Waals surface area contributed by atoms with Crippen LogP contribution >= 0.6 is 11.6 Å². The molecule has 1 aliphatic rings. The van der Waals surface area contributed by atoms with Crippen molar-refractivity contribution in [3.8, 4) is 0 Å². The summed E-state index contributed by atoms with van der Waals surface area (Å²) >= 11 is 6.43. The minimum Gasteiger partial charge on any atom is -0.380 e. The Morgan fingerprint density at radius 1 is 1.25 bits per heavy atom. The summed E-state index contributed by atoms with van der Waals surface area (Å²) in [5.74, 6) is -0.891. The van der Waals surface area contributed by atoms with Crippen molar-refractivity contribution in [1.29, 1.82) is 0 Å². The molecule has 1 unspecified atom stereocenters. The third-order valence-electron chi connectivity index (χ3n) is 5.22. The zero-order valence-electron chi connectivity index (χ0n) is 16.4. The molecular weight excluding hydrogens is 377 g/mol. The molecule has 1 heterocycles. The number of hydrogen-bond acceptors (Lipinski definition) is 3. The Balaban J connectivity index is 1.74. The maximum Gasteiger partial charge on any atom is 0.254 e. The smallest absolute Gasteiger partial charge is 0.254 e. The van der Waals surface area contributed by atoms with Crippen LogP contribution in [0.5, 0.6) is 0 Å². The maximum atomic E-state index is 14.5. The Kier molecular flexibility index (Phi) is 6.92. The number of rotatable bonds is 6. The highest BCUT2D eigenvalue weighted by Crippen LogP contribution is 2.31. The van der Waals surface area contributed by atoms with Crippen molar-refractivity contribution in [3.05, 3.63) is 63.4 Å². The van der Waals surface area contributed by atoms with Gasteiger partial charge in [-0.1, -0.05) is 30.7 Å². The molecule has 0 aliphatic carbocycles. The molecule has 0 spiro atoms. The summed E-state index contributed by atoms with van der Waals surface area (Å²) < 4.78 is 14.5. The van der Waals surface area contributed by atoms with Gasteiger partial charge in [0.2, 0.25) is 0 Å². The second kappa shape index (κ2) is 9.39. The molecule has 2 aromatic carbocycles. The summed E-state index contributed by atoms with van der Waals surface area (Å²) in [6, 6.07) is 8.74. The highest BCUT2D eigenvalue weighted by molar-refractivity contribution is 6.33. The summed E-state index contributed by atoms with van der Waals surface area (Å²) in [7, 11) is 0. The van der Waals surface area contributed by atoms with Gasteiger partial charge in [0.1, 0.15) is 5.82 Å². The fourth-order valence-electron chi connectivity index (χ4n) is 3.38. The van der Waals surface area contributed by atoms with Crippen molar-refractivity contribution in [2.24, 2.45) is 0 Å². The van der Waals surface area contributed by atoms with Crippen molar-refractivity contribution >= 4 is 23.2 Å². The summed E-state index contributed by atoms with van der Waals surface area (Å²) in [4.78, 5) is 12.2. The van der Waals surface area contributed by atoms with E-state index < -0.39 is 5.82 Å². The molecule has 6 heteroatoms. The summed E-state index contributed by atoms with van der Waals surface area (Å²) in [5, 5.41) is 10.2. The van der Waals surface area contributed by atoms with Crippen LogP contribution in [0.25, 0.3) is 0 Å². The summed E-state index contributed by atoms with van der Waals surface area (Å²) in [6.07, 6.45) is 2.67. The van der Waals surface area contributed by atoms with E-state index in [4.69, 9.17) is 11.6 Å². The van der Waals surface area contributed by atoms with Gasteiger partial charge in [0, 0.05) is 12.6 Å². The van der Waals surface area contributed by atoms with E-state index in [2.05, 4.69) is 22.0 Å². The number of nitrogens with one attached hydrogen (secondary N) is 3. The van der Waals surface area contributed by atoms with E-state index in [-0.39, 0.29) is 17.5 Å². The molecule has 0 aromatic heterocycles. The first-order valence-corrected chi connectivity index (χ1v) is 10.2. The van der Waals surface area contributed by atoms with Gasteiger partial charge in [-0.15, -0.1) is 0 Å². The molecule has 1 atom stereocenters. The minimum atomic E-state index is -0.512. The second-order valence-corrected chi connectivity index (χ2v) is 7.67. The summed E-state index contributed by atoms with van der Waals surface area (Å²) in [5.41, 5.74) is 4.27. The summed E-state index contributed by atoms with van der Waals surface area (Å²) in [6.45, 7) is 6.18. The van der Waals surface area contributed by atoms with Gasteiger partial charge >= 0.3 is 0 Å². The van der Waals surface area contributed by atoms with Crippen molar-refractivity contribution < 1.29 is 9.18 Å². The molecule has 4 nitrogen and oxygen atoms in total. The van der Waals surface area contributed by atoms with Crippen molar-refractivity contribution in [2.75, 3.05) is 18.4 Å². The van der Waals surface area contributed by atoms with E-state index in [1.54, 1.807) is 12.1 Å². The highest BCUT2D eigenvalue weighted by atomic mass is 35.5. The third kappa shape index (κ3) is 4.83. The Hall–Kier alpha value is -2.11. The lowest BCUT2D eigenvalue weighted by molar-refractivity contribution is 0.0935. The average molecular weight is 404 g/mol. The molecule has 0 saturated heterocycles. The monoisotopic (exact) mass is 403 g/mol. The van der Waals surface area contributed by atoms with Gasteiger partial charge in [-0.3, -0.25) is 4.79 Å². The number of carbonyl (C=O) groups is 1. The number of amides is 1. The number of halogens is 2. The zero-order valence-corrected chi connectivity index (χ0v) is 17.1. The third-order valence-corrected chi connectivity index (χ3v) is 5.53. The van der Waals surface area contributed by atoms with Crippen molar-refractivity contribution in [3.63, 3.8) is 0 Å². The molecule has 0 radical (unpaired) electrons. The van der Waals surface area contributed by atoms with Crippen LogP contribution < -0.4 is 16.0 Å². The van der Waals surface area contributed by atoms with Crippen LogP contribution in [0.3, 0.4) is 0 Å². The van der Waals surface area contributed by atoms with Gasteiger partial charge in [-0.05, 0) is 74.2 Å². The highest BCUT2D eigenvalue weighted by Gasteiger charge is 2.16. The first-order valence-electron chi connectivity index (χ1n) is 9.83. The fraction of sp³-hybridized carbons (Fsp3) is 0.409. The number of benzene rings is 2. The van der Waals surface area contributed by atoms with E-state index in [1.165, 1.54) is 17.2 Å². The normalized spacial score (nSPS) is 14.7. The number of hydrogen-bond donors (Lipinski definition) is 3. The van der Waals surface area contributed by atoms with Gasteiger partial charge in [0.25, 0.3) is 5.91 Å². The molecule has 1 amide bonds. The van der Waals surface area contributed by atoms with Crippen LogP contribution in [0.1, 0.15) is 47.3 Å². The molecule has 0 fully saturated rings. The van der Waals surface area contributed by atoms with Gasteiger partial charge < -0.3 is 16.0 Å². The van der Waals surface area contributed by atoms with Gasteiger partial charge in [-0.25, -0.2) is 4.39 Å². The van der Waals surface area contributed by atoms with E-state index >= 15 is 0 Å². The Morgan fingerprint density at radius 2 is 2.04 bits per heavy atom. The Labute approximate surface area is 170 Å². The number of fused-ring (bicyclic) bond motifs is 1. The molecule has 0 bridgehead atoms. The lowest BCUT2D eigenvalue weighted by Gasteiger charge is -2.17. The van der Waals surface area contributed by atoms with Gasteiger partial charge in [0.05, 0.1) is 16.3 Å². The second-order valence-electron chi connectivity index (χ2n) is 7.26. The minimum absolute atomic E-state index is 0.0122. The van der Waals surface area contributed by atoms with Crippen molar-refractivity contribution in [2.45, 2.75) is 45.7 Å². The quantitative estimate of drug-likeness (QED) is 0.673. The predicted octanol–water partition coefficient (Wildman–Crippen LogP) is 4.31. The zero-order chi connectivity index (χ0) is 20.1. The largest absolute Gasteiger partial charge is 0.380 e. The van der Waals surface area contributed by atoms with E-state index in [0.29, 0.717) is 11.6 Å². The predicted molar refractivity (Wildman–Crippen MR) is 113 cm³/mol. The first-order chi connectivity index (χ1) is 13.5. The molecule has 0 saturated carbocycles. The lowest BCUT2D eigenvalue weighted by atomic mass is 10.0. The fourth-order valence-corrected chi connectivity index (χ4v) is 3.63. The molecule has 1 aliphatic heterocycles. The van der Waals surface area contributed by atoms with Crippen molar-refractivity contribution in [1.82, 2.24) is 10.6 Å².